The van der Waals surface area contributed by atoms with E-state index in [0.717, 1.165) is 21.3 Å². The van der Waals surface area contributed by atoms with Crippen LogP contribution in [0.15, 0.2) is 52.4 Å². The lowest BCUT2D eigenvalue weighted by atomic mass is 10.2. The number of rotatable bonds is 9. The Hall–Kier alpha value is -2.38. The van der Waals surface area contributed by atoms with Crippen molar-refractivity contribution >= 4 is 45.8 Å². The number of nitrogens with zero attached hydrogens (tertiary/aromatic N) is 1. The van der Waals surface area contributed by atoms with Crippen molar-refractivity contribution < 1.29 is 22.8 Å². The van der Waals surface area contributed by atoms with Crippen molar-refractivity contribution in [2.24, 2.45) is 0 Å². The first-order valence-corrected chi connectivity index (χ1v) is 12.1. The third kappa shape index (κ3) is 4.09. The average Bonchev–Trinajstić information content (AvgIpc) is 3.37. The first kappa shape index (κ1) is 20.9. The van der Waals surface area contributed by atoms with Gasteiger partial charge in [-0.3, -0.25) is 4.57 Å². The van der Waals surface area contributed by atoms with Crippen LogP contribution in [0.4, 0.5) is 5.69 Å². The van der Waals surface area contributed by atoms with E-state index in [0.29, 0.717) is 17.1 Å². The quantitative estimate of drug-likeness (QED) is 0.297. The third-order valence-corrected chi connectivity index (χ3v) is 7.62. The Balaban J connectivity index is 1.78. The molecule has 0 saturated heterocycles. The lowest BCUT2D eigenvalue weighted by Crippen LogP contribution is -2.14. The van der Waals surface area contributed by atoms with Gasteiger partial charge in [0.15, 0.2) is 5.78 Å². The first-order chi connectivity index (χ1) is 14.6. The molecule has 0 aliphatic heterocycles. The summed E-state index contributed by atoms with van der Waals surface area (Å²) in [4.78, 5) is 4.31. The molecule has 2 heterocycles. The predicted octanol–water partition coefficient (Wildman–Crippen LogP) is 6.43. The molecule has 1 unspecified atom stereocenters. The SMILES string of the molecule is CCOP(=O)(OCC)C(Nc1ccc2ncsc2c1)c1cc2cc(OC)ccc2o1. The molecule has 0 saturated carbocycles. The molecule has 4 rings (SSSR count). The van der Waals surface area contributed by atoms with Crippen LogP contribution in [0.25, 0.3) is 21.2 Å². The number of hydrogen-bond acceptors (Lipinski definition) is 8. The van der Waals surface area contributed by atoms with Gasteiger partial charge in [0, 0.05) is 11.1 Å². The molecule has 0 fully saturated rings. The summed E-state index contributed by atoms with van der Waals surface area (Å²) < 4.78 is 37.4. The van der Waals surface area contributed by atoms with E-state index in [1.54, 1.807) is 37.8 Å². The molecule has 158 valence electrons. The maximum atomic E-state index is 13.7. The second-order valence-electron chi connectivity index (χ2n) is 6.51. The van der Waals surface area contributed by atoms with Crippen LogP contribution in [0.5, 0.6) is 5.75 Å². The number of ether oxygens (including phenoxy) is 1. The predicted molar refractivity (Wildman–Crippen MR) is 120 cm³/mol. The van der Waals surface area contributed by atoms with Gasteiger partial charge in [0.25, 0.3) is 0 Å². The number of benzene rings is 2. The third-order valence-electron chi connectivity index (χ3n) is 4.58. The highest BCUT2D eigenvalue weighted by Gasteiger charge is 2.39. The van der Waals surface area contributed by atoms with Crippen LogP contribution in [0, 0.1) is 0 Å². The molecule has 30 heavy (non-hydrogen) atoms. The number of furan rings is 1. The molecule has 7 nitrogen and oxygen atoms in total. The number of fused-ring (bicyclic) bond motifs is 2. The summed E-state index contributed by atoms with van der Waals surface area (Å²) in [7, 11) is -1.97. The van der Waals surface area contributed by atoms with Crippen LogP contribution in [0.2, 0.25) is 0 Å². The Kier molecular flexibility index (Phi) is 6.11. The lowest BCUT2D eigenvalue weighted by Gasteiger charge is -2.26. The van der Waals surface area contributed by atoms with Crippen LogP contribution >= 0.6 is 18.9 Å². The van der Waals surface area contributed by atoms with Gasteiger partial charge in [0.05, 0.1) is 36.1 Å². The molecule has 2 aromatic carbocycles. The maximum Gasteiger partial charge on any atom is 0.360 e. The fraction of sp³-hybridized carbons (Fsp3) is 0.286. The van der Waals surface area contributed by atoms with Crippen molar-refractivity contribution in [1.29, 1.82) is 0 Å². The lowest BCUT2D eigenvalue weighted by molar-refractivity contribution is 0.212. The normalized spacial score (nSPS) is 13.0. The molecule has 0 aliphatic rings. The summed E-state index contributed by atoms with van der Waals surface area (Å²) in [6, 6.07) is 13.1. The summed E-state index contributed by atoms with van der Waals surface area (Å²) in [5.74, 6) is 0.363. The number of aromatic nitrogens is 1. The molecular weight excluding hydrogens is 423 g/mol. The van der Waals surface area contributed by atoms with Gasteiger partial charge in [-0.1, -0.05) is 0 Å². The minimum Gasteiger partial charge on any atom is -0.497 e. The van der Waals surface area contributed by atoms with Gasteiger partial charge in [-0.05, 0) is 56.3 Å². The van der Waals surface area contributed by atoms with Gasteiger partial charge in [-0.15, -0.1) is 11.3 Å². The van der Waals surface area contributed by atoms with Crippen LogP contribution < -0.4 is 10.1 Å². The number of thiazole rings is 1. The second-order valence-corrected chi connectivity index (χ2v) is 9.51. The molecule has 4 aromatic rings. The van der Waals surface area contributed by atoms with E-state index in [1.807, 2.05) is 42.5 Å². The molecule has 1 N–H and O–H groups in total. The van der Waals surface area contributed by atoms with Crippen molar-refractivity contribution in [3.8, 4) is 5.75 Å². The van der Waals surface area contributed by atoms with E-state index >= 15 is 0 Å². The summed E-state index contributed by atoms with van der Waals surface area (Å²) in [5, 5.41) is 4.16. The van der Waals surface area contributed by atoms with E-state index < -0.39 is 13.4 Å². The number of anilines is 1. The fourth-order valence-corrected chi connectivity index (χ4v) is 5.81. The van der Waals surface area contributed by atoms with Crippen LogP contribution in [0.1, 0.15) is 25.4 Å². The molecule has 0 bridgehead atoms. The van der Waals surface area contributed by atoms with Crippen LogP contribution in [0.3, 0.4) is 0 Å². The second kappa shape index (κ2) is 8.78. The van der Waals surface area contributed by atoms with Gasteiger partial charge in [-0.25, -0.2) is 4.98 Å². The summed E-state index contributed by atoms with van der Waals surface area (Å²) in [5.41, 5.74) is 4.14. The van der Waals surface area contributed by atoms with E-state index in [2.05, 4.69) is 10.3 Å². The first-order valence-electron chi connectivity index (χ1n) is 9.62. The summed E-state index contributed by atoms with van der Waals surface area (Å²) in [6.07, 6.45) is 0. The fourth-order valence-electron chi connectivity index (χ4n) is 3.26. The molecule has 2 aromatic heterocycles. The van der Waals surface area contributed by atoms with Crippen LogP contribution in [-0.2, 0) is 13.6 Å². The van der Waals surface area contributed by atoms with Gasteiger partial charge in [-0.2, -0.15) is 0 Å². The molecule has 0 spiro atoms. The highest BCUT2D eigenvalue weighted by molar-refractivity contribution is 7.54. The van der Waals surface area contributed by atoms with Gasteiger partial charge in [0.1, 0.15) is 17.1 Å². The smallest absolute Gasteiger partial charge is 0.360 e. The van der Waals surface area contributed by atoms with Crippen molar-refractivity contribution in [3.63, 3.8) is 0 Å². The molecule has 9 heteroatoms. The van der Waals surface area contributed by atoms with Crippen molar-refractivity contribution in [2.45, 2.75) is 19.6 Å². The molecule has 1 atom stereocenters. The summed E-state index contributed by atoms with van der Waals surface area (Å²) in [6.45, 7) is 4.07. The standard InChI is InChI=1S/C21H23N2O5PS/c1-4-26-29(24,27-5-2)21(23-15-6-8-17-20(12-15)30-13-22-17)19-11-14-10-16(25-3)7-9-18(14)28-19/h6-13,21,23H,4-5H2,1-3H3. The Morgan fingerprint density at radius 2 is 1.93 bits per heavy atom. The number of methoxy groups -OCH3 is 1. The Bertz CT molecular complexity index is 1190. The number of hydrogen-bond donors (Lipinski definition) is 1. The van der Waals surface area contributed by atoms with E-state index in [9.17, 15) is 4.57 Å². The molecule has 0 radical (unpaired) electrons. The highest BCUT2D eigenvalue weighted by atomic mass is 32.1. The minimum atomic E-state index is -3.58. The van der Waals surface area contributed by atoms with Crippen molar-refractivity contribution in [3.05, 3.63) is 53.7 Å². The van der Waals surface area contributed by atoms with E-state index in [1.165, 1.54) is 0 Å². The zero-order valence-corrected chi connectivity index (χ0v) is 18.7. The largest absolute Gasteiger partial charge is 0.497 e. The summed E-state index contributed by atoms with van der Waals surface area (Å²) >= 11 is 1.54. The van der Waals surface area contributed by atoms with Gasteiger partial charge in [0.2, 0.25) is 0 Å². The zero-order chi connectivity index (χ0) is 21.1. The van der Waals surface area contributed by atoms with E-state index in [4.69, 9.17) is 18.2 Å². The van der Waals surface area contributed by atoms with Crippen molar-refractivity contribution in [1.82, 2.24) is 4.98 Å². The van der Waals surface area contributed by atoms with Gasteiger partial charge >= 0.3 is 7.60 Å². The number of nitrogens with one attached hydrogen (secondary N) is 1. The Labute approximate surface area is 178 Å². The topological polar surface area (TPSA) is 82.8 Å². The maximum absolute atomic E-state index is 13.7. The zero-order valence-electron chi connectivity index (χ0n) is 17.0. The average molecular weight is 446 g/mol. The van der Waals surface area contributed by atoms with Gasteiger partial charge < -0.3 is 23.5 Å². The Morgan fingerprint density at radius 3 is 2.67 bits per heavy atom. The molecule has 0 amide bonds. The molecular formula is C21H23N2O5PS. The van der Waals surface area contributed by atoms with Crippen molar-refractivity contribution in [2.75, 3.05) is 25.6 Å². The molecule has 0 aliphatic carbocycles. The monoisotopic (exact) mass is 446 g/mol. The highest BCUT2D eigenvalue weighted by Crippen LogP contribution is 2.61. The van der Waals surface area contributed by atoms with Crippen LogP contribution in [-0.4, -0.2) is 25.3 Å². The Morgan fingerprint density at radius 1 is 1.13 bits per heavy atom. The van der Waals surface area contributed by atoms with E-state index in [-0.39, 0.29) is 13.2 Å². The minimum absolute atomic E-state index is 0.247.